The Labute approximate surface area is 137 Å². The molecule has 6 aliphatic rings. The van der Waals surface area contributed by atoms with Gasteiger partial charge >= 0.3 is 0 Å². The summed E-state index contributed by atoms with van der Waals surface area (Å²) >= 11 is 0. The van der Waals surface area contributed by atoms with E-state index in [-0.39, 0.29) is 11.5 Å². The molecule has 0 radical (unpaired) electrons. The molecule has 0 aromatic heterocycles. The Morgan fingerprint density at radius 2 is 2.22 bits per heavy atom. The molecule has 0 amide bonds. The largest absolute Gasteiger partial charge is 0.372 e. The molecule has 4 aliphatic heterocycles. The summed E-state index contributed by atoms with van der Waals surface area (Å²) in [6.45, 7) is 4.60. The van der Waals surface area contributed by atoms with Crippen LogP contribution >= 0.6 is 0 Å². The fraction of sp³-hybridized carbons (Fsp3) is 0.650. The fourth-order valence-electron chi connectivity index (χ4n) is 7.36. The van der Waals surface area contributed by atoms with Gasteiger partial charge in [-0.2, -0.15) is 0 Å². The number of fused-ring (bicyclic) bond motifs is 4. The van der Waals surface area contributed by atoms with Crippen molar-refractivity contribution in [2.75, 3.05) is 20.2 Å². The minimum Gasteiger partial charge on any atom is -0.372 e. The number of para-hydroxylation sites is 1. The molecule has 5 fully saturated rings. The predicted molar refractivity (Wildman–Crippen MR) is 90.3 cm³/mol. The van der Waals surface area contributed by atoms with E-state index in [1.165, 1.54) is 42.8 Å². The van der Waals surface area contributed by atoms with E-state index in [4.69, 9.17) is 9.73 Å². The molecule has 5 bridgehead atoms. The molecule has 3 nitrogen and oxygen atoms in total. The molecule has 23 heavy (non-hydrogen) atoms. The van der Waals surface area contributed by atoms with Crippen LogP contribution in [0.4, 0.5) is 5.69 Å². The summed E-state index contributed by atoms with van der Waals surface area (Å²) in [5.74, 6) is 1.54. The average Bonchev–Trinajstić information content (AvgIpc) is 2.90. The van der Waals surface area contributed by atoms with Gasteiger partial charge in [0.05, 0.1) is 24.1 Å². The smallest absolute Gasteiger partial charge is 0.0968 e. The van der Waals surface area contributed by atoms with Crippen molar-refractivity contribution in [3.8, 4) is 0 Å². The lowest BCUT2D eigenvalue weighted by Gasteiger charge is -2.73. The SMILES string of the molecule is CC[C@@]12CN(C)[C@@H]3C[C@]14C(=Nc1ccccc14)[C@H]1CC2C3CO1. The van der Waals surface area contributed by atoms with Crippen molar-refractivity contribution in [3.05, 3.63) is 29.8 Å². The first kappa shape index (κ1) is 13.1. The third-order valence-corrected chi connectivity index (χ3v) is 8.12. The number of aliphatic imine (C=N–C) groups is 1. The van der Waals surface area contributed by atoms with Crippen molar-refractivity contribution in [2.45, 2.75) is 43.7 Å². The van der Waals surface area contributed by atoms with Crippen LogP contribution in [0.15, 0.2) is 29.3 Å². The summed E-state index contributed by atoms with van der Waals surface area (Å²) in [5.41, 5.74) is 4.62. The second-order valence-electron chi connectivity index (χ2n) is 8.44. The van der Waals surface area contributed by atoms with Crippen LogP contribution in [0.3, 0.4) is 0 Å². The van der Waals surface area contributed by atoms with Gasteiger partial charge in [-0.05, 0) is 43.9 Å². The number of nitrogens with zero attached hydrogens (tertiary/aromatic N) is 2. The van der Waals surface area contributed by atoms with Gasteiger partial charge in [0, 0.05) is 29.3 Å². The minimum absolute atomic E-state index is 0.153. The van der Waals surface area contributed by atoms with Gasteiger partial charge in [-0.3, -0.25) is 4.99 Å². The van der Waals surface area contributed by atoms with Gasteiger partial charge in [0.15, 0.2) is 0 Å². The second kappa shape index (κ2) is 3.89. The number of rotatable bonds is 1. The van der Waals surface area contributed by atoms with Crippen LogP contribution in [0.5, 0.6) is 0 Å². The maximum atomic E-state index is 6.36. The van der Waals surface area contributed by atoms with Crippen LogP contribution in [0.1, 0.15) is 31.7 Å². The molecule has 1 spiro atoms. The molecule has 3 saturated heterocycles. The Balaban J connectivity index is 1.70. The van der Waals surface area contributed by atoms with E-state index in [1.54, 1.807) is 0 Å². The standard InChI is InChI=1S/C20H24N2O/c1-3-19-11-22(2)16-9-20(19)13-6-4-5-7-15(13)21-18(20)17-8-14(19)12(16)10-23-17/h4-7,12,14,16-17H,3,8-11H2,1-2H3/t12?,14?,16-,17-,19+,20+/m1/s1. The summed E-state index contributed by atoms with van der Waals surface area (Å²) in [4.78, 5) is 7.81. The van der Waals surface area contributed by atoms with Gasteiger partial charge in [0.25, 0.3) is 0 Å². The average molecular weight is 308 g/mol. The summed E-state index contributed by atoms with van der Waals surface area (Å²) in [5, 5.41) is 0. The number of ether oxygens (including phenoxy) is 1. The number of piperidine rings is 2. The first-order valence-corrected chi connectivity index (χ1v) is 9.22. The summed E-state index contributed by atoms with van der Waals surface area (Å²) in [6, 6.07) is 9.58. The highest BCUT2D eigenvalue weighted by Gasteiger charge is 2.74. The van der Waals surface area contributed by atoms with E-state index in [0.717, 1.165) is 18.4 Å². The van der Waals surface area contributed by atoms with Crippen LogP contribution in [0, 0.1) is 17.3 Å². The fourth-order valence-corrected chi connectivity index (χ4v) is 7.36. The lowest BCUT2D eigenvalue weighted by Crippen LogP contribution is -2.79. The molecular formula is C20H24N2O. The number of hydrogen-bond donors (Lipinski definition) is 0. The lowest BCUT2D eigenvalue weighted by atomic mass is 9.37. The summed E-state index contributed by atoms with van der Waals surface area (Å²) in [7, 11) is 2.34. The van der Waals surface area contributed by atoms with E-state index < -0.39 is 0 Å². The summed E-state index contributed by atoms with van der Waals surface area (Å²) < 4.78 is 6.36. The third-order valence-electron chi connectivity index (χ3n) is 8.12. The highest BCUT2D eigenvalue weighted by Crippen LogP contribution is 2.71. The zero-order valence-corrected chi connectivity index (χ0v) is 14.0. The molecular weight excluding hydrogens is 284 g/mol. The molecule has 2 unspecified atom stereocenters. The molecule has 1 aromatic carbocycles. The highest BCUT2D eigenvalue weighted by atomic mass is 16.5. The van der Waals surface area contributed by atoms with Crippen molar-refractivity contribution in [1.82, 2.24) is 4.90 Å². The Morgan fingerprint density at radius 3 is 3.09 bits per heavy atom. The van der Waals surface area contributed by atoms with Gasteiger partial charge in [0.1, 0.15) is 0 Å². The van der Waals surface area contributed by atoms with Gasteiger partial charge < -0.3 is 9.64 Å². The van der Waals surface area contributed by atoms with Gasteiger partial charge in [-0.1, -0.05) is 25.1 Å². The lowest BCUT2D eigenvalue weighted by molar-refractivity contribution is -0.210. The van der Waals surface area contributed by atoms with Crippen molar-refractivity contribution >= 4 is 11.4 Å². The Hall–Kier alpha value is -1.19. The Bertz CT molecular complexity index is 743. The molecule has 120 valence electrons. The van der Waals surface area contributed by atoms with Gasteiger partial charge in [-0.25, -0.2) is 0 Å². The van der Waals surface area contributed by atoms with Gasteiger partial charge in [0.2, 0.25) is 0 Å². The van der Waals surface area contributed by atoms with E-state index in [2.05, 4.69) is 43.1 Å². The molecule has 3 heteroatoms. The minimum atomic E-state index is 0.153. The predicted octanol–water partition coefficient (Wildman–Crippen LogP) is 3.16. The topological polar surface area (TPSA) is 24.8 Å². The maximum absolute atomic E-state index is 6.36. The van der Waals surface area contributed by atoms with Crippen LogP contribution in [0.25, 0.3) is 0 Å². The second-order valence-corrected chi connectivity index (χ2v) is 8.44. The Kier molecular flexibility index (Phi) is 2.22. The van der Waals surface area contributed by atoms with Crippen LogP contribution in [0.2, 0.25) is 0 Å². The molecule has 6 atom stereocenters. The number of hydrogen-bond acceptors (Lipinski definition) is 3. The summed E-state index contributed by atoms with van der Waals surface area (Å²) in [6.07, 6.45) is 3.99. The monoisotopic (exact) mass is 308 g/mol. The highest BCUT2D eigenvalue weighted by molar-refractivity contribution is 6.07. The first-order chi connectivity index (χ1) is 11.2. The molecule has 2 saturated carbocycles. The molecule has 2 aliphatic carbocycles. The quantitative estimate of drug-likeness (QED) is 0.796. The molecule has 4 heterocycles. The molecule has 1 aromatic rings. The number of benzene rings is 1. The van der Waals surface area contributed by atoms with E-state index in [1.807, 2.05) is 0 Å². The zero-order valence-electron chi connectivity index (χ0n) is 14.0. The van der Waals surface area contributed by atoms with E-state index in [0.29, 0.717) is 11.5 Å². The normalized spacial score (nSPS) is 49.0. The van der Waals surface area contributed by atoms with E-state index in [9.17, 15) is 0 Å². The first-order valence-electron chi connectivity index (χ1n) is 9.22. The molecule has 7 rings (SSSR count). The van der Waals surface area contributed by atoms with Crippen LogP contribution in [-0.2, 0) is 10.2 Å². The van der Waals surface area contributed by atoms with Crippen molar-refractivity contribution < 1.29 is 4.74 Å². The maximum Gasteiger partial charge on any atom is 0.0968 e. The van der Waals surface area contributed by atoms with Gasteiger partial charge in [-0.15, -0.1) is 0 Å². The van der Waals surface area contributed by atoms with Crippen molar-refractivity contribution in [1.29, 1.82) is 0 Å². The molecule has 0 N–H and O–H groups in total. The van der Waals surface area contributed by atoms with Crippen molar-refractivity contribution in [3.63, 3.8) is 0 Å². The Morgan fingerprint density at radius 1 is 1.35 bits per heavy atom. The van der Waals surface area contributed by atoms with Crippen LogP contribution < -0.4 is 0 Å². The van der Waals surface area contributed by atoms with Crippen molar-refractivity contribution in [2.24, 2.45) is 22.2 Å². The van der Waals surface area contributed by atoms with E-state index >= 15 is 0 Å². The third kappa shape index (κ3) is 1.19. The van der Waals surface area contributed by atoms with Crippen LogP contribution in [-0.4, -0.2) is 43.0 Å². The zero-order chi connectivity index (χ0) is 15.4.